The van der Waals surface area contributed by atoms with E-state index >= 15 is 0 Å². The van der Waals surface area contributed by atoms with Gasteiger partial charge < -0.3 is 4.90 Å². The minimum Gasteiger partial charge on any atom is -0.321 e. The monoisotopic (exact) mass is 286 g/mol. The van der Waals surface area contributed by atoms with E-state index < -0.39 is 0 Å². The van der Waals surface area contributed by atoms with E-state index in [9.17, 15) is 4.79 Å². The Morgan fingerprint density at radius 2 is 1.67 bits per heavy atom. The van der Waals surface area contributed by atoms with Crippen LogP contribution in [-0.4, -0.2) is 23.4 Å². The van der Waals surface area contributed by atoms with Crippen molar-refractivity contribution in [1.82, 2.24) is 10.2 Å². The average molecular weight is 286 g/mol. The van der Waals surface area contributed by atoms with Gasteiger partial charge in [-0.05, 0) is 29.2 Å². The van der Waals surface area contributed by atoms with E-state index in [-0.39, 0.29) is 18.1 Å². The first-order chi connectivity index (χ1) is 9.76. The van der Waals surface area contributed by atoms with E-state index in [1.165, 1.54) is 5.56 Å². The molecule has 1 saturated carbocycles. The topological polar surface area (TPSA) is 32.3 Å². The van der Waals surface area contributed by atoms with Crippen LogP contribution >= 0.6 is 0 Å². The van der Waals surface area contributed by atoms with Crippen molar-refractivity contribution >= 4 is 5.91 Å². The molecular weight excluding hydrogens is 260 g/mol. The van der Waals surface area contributed by atoms with Crippen molar-refractivity contribution in [2.24, 2.45) is 16.7 Å². The molecule has 0 radical (unpaired) electrons. The number of amides is 1. The Hall–Kier alpha value is -1.35. The van der Waals surface area contributed by atoms with Crippen molar-refractivity contribution in [3.05, 3.63) is 35.9 Å². The maximum Gasteiger partial charge on any atom is 0.241 e. The molecule has 1 N–H and O–H groups in total. The lowest BCUT2D eigenvalue weighted by atomic mass is 10.0. The zero-order chi connectivity index (χ0) is 15.4. The van der Waals surface area contributed by atoms with Gasteiger partial charge in [-0.15, -0.1) is 0 Å². The fraction of sp³-hybridized carbons (Fsp3) is 0.611. The molecule has 3 rings (SSSR count). The zero-order valence-electron chi connectivity index (χ0n) is 13.7. The van der Waals surface area contributed by atoms with Crippen LogP contribution in [0.25, 0.3) is 0 Å². The maximum atomic E-state index is 12.5. The van der Waals surface area contributed by atoms with Gasteiger partial charge >= 0.3 is 0 Å². The number of carbonyl (C=O) groups excluding carboxylic acids is 1. The lowest BCUT2D eigenvalue weighted by molar-refractivity contribution is -0.130. The van der Waals surface area contributed by atoms with E-state index in [0.717, 1.165) is 6.54 Å². The number of nitrogens with one attached hydrogen (secondary N) is 1. The molecule has 0 spiro atoms. The Morgan fingerprint density at radius 1 is 1.10 bits per heavy atom. The lowest BCUT2D eigenvalue weighted by Gasteiger charge is -2.25. The minimum absolute atomic E-state index is 0.0147. The van der Waals surface area contributed by atoms with Crippen molar-refractivity contribution in [1.29, 1.82) is 0 Å². The fourth-order valence-corrected chi connectivity index (χ4v) is 3.87. The number of rotatable bonds is 3. The predicted octanol–water partition coefficient (Wildman–Crippen LogP) is 3.19. The van der Waals surface area contributed by atoms with Crippen molar-refractivity contribution in [2.75, 3.05) is 6.54 Å². The summed E-state index contributed by atoms with van der Waals surface area (Å²) in [5, 5.41) is 3.43. The molecule has 114 valence electrons. The third kappa shape index (κ3) is 2.10. The second-order valence-electron chi connectivity index (χ2n) is 7.69. The Balaban J connectivity index is 1.83. The van der Waals surface area contributed by atoms with E-state index in [4.69, 9.17) is 0 Å². The number of hydrogen-bond donors (Lipinski definition) is 1. The summed E-state index contributed by atoms with van der Waals surface area (Å²) < 4.78 is 0. The van der Waals surface area contributed by atoms with Crippen LogP contribution in [0.15, 0.2) is 30.3 Å². The van der Waals surface area contributed by atoms with Crippen LogP contribution < -0.4 is 5.32 Å². The second kappa shape index (κ2) is 4.57. The van der Waals surface area contributed by atoms with Crippen LogP contribution in [0, 0.1) is 16.7 Å². The highest BCUT2D eigenvalue weighted by Crippen LogP contribution is 2.68. The SMILES string of the molecule is CC1NC(c2ccccc2)N(CC2C(C)(C)C2(C)C)C1=O. The first kappa shape index (κ1) is 14.6. The predicted molar refractivity (Wildman–Crippen MR) is 84.5 cm³/mol. The molecule has 0 aromatic heterocycles. The van der Waals surface area contributed by atoms with Crippen molar-refractivity contribution < 1.29 is 4.79 Å². The van der Waals surface area contributed by atoms with E-state index in [0.29, 0.717) is 16.7 Å². The summed E-state index contributed by atoms with van der Waals surface area (Å²) in [6, 6.07) is 10.2. The van der Waals surface area contributed by atoms with Crippen LogP contribution in [0.5, 0.6) is 0 Å². The number of benzene rings is 1. The van der Waals surface area contributed by atoms with Crippen molar-refractivity contribution in [3.63, 3.8) is 0 Å². The quantitative estimate of drug-likeness (QED) is 0.925. The van der Waals surface area contributed by atoms with Gasteiger partial charge in [-0.3, -0.25) is 10.1 Å². The summed E-state index contributed by atoms with van der Waals surface area (Å²) >= 11 is 0. The number of hydrogen-bond acceptors (Lipinski definition) is 2. The normalized spacial score (nSPS) is 30.7. The van der Waals surface area contributed by atoms with Crippen molar-refractivity contribution in [3.8, 4) is 0 Å². The molecule has 2 aliphatic rings. The second-order valence-corrected chi connectivity index (χ2v) is 7.69. The van der Waals surface area contributed by atoms with E-state index in [1.807, 2.05) is 30.0 Å². The zero-order valence-corrected chi connectivity index (χ0v) is 13.7. The molecule has 1 aromatic carbocycles. The van der Waals surface area contributed by atoms with Gasteiger partial charge in [-0.2, -0.15) is 0 Å². The largest absolute Gasteiger partial charge is 0.321 e. The summed E-state index contributed by atoms with van der Waals surface area (Å²) in [4.78, 5) is 14.6. The Bertz CT molecular complexity index is 536. The van der Waals surface area contributed by atoms with Gasteiger partial charge in [0.25, 0.3) is 0 Å². The minimum atomic E-state index is -0.0971. The van der Waals surface area contributed by atoms with Gasteiger partial charge in [0, 0.05) is 6.54 Å². The molecule has 21 heavy (non-hydrogen) atoms. The van der Waals surface area contributed by atoms with Gasteiger partial charge in [0.05, 0.1) is 6.04 Å². The summed E-state index contributed by atoms with van der Waals surface area (Å²) in [5.74, 6) is 0.787. The molecule has 1 aromatic rings. The third-order valence-corrected chi connectivity index (χ3v) is 6.19. The summed E-state index contributed by atoms with van der Waals surface area (Å²) in [6.45, 7) is 12.1. The van der Waals surface area contributed by atoms with Crippen LogP contribution in [0.4, 0.5) is 0 Å². The standard InChI is InChI=1S/C18H26N2O/c1-12-16(21)20(11-14-17(2,3)18(14,4)5)15(19-12)13-9-7-6-8-10-13/h6-10,12,14-15,19H,11H2,1-5H3. The molecule has 3 nitrogen and oxygen atoms in total. The molecule has 2 fully saturated rings. The summed E-state index contributed by atoms with van der Waals surface area (Å²) in [5.41, 5.74) is 1.78. The van der Waals surface area contributed by atoms with Gasteiger partial charge in [0.2, 0.25) is 5.91 Å². The maximum absolute atomic E-state index is 12.5. The molecule has 2 atom stereocenters. The van der Waals surface area contributed by atoms with Crippen LogP contribution in [0.3, 0.4) is 0 Å². The van der Waals surface area contributed by atoms with Gasteiger partial charge in [0.15, 0.2) is 0 Å². The molecule has 1 saturated heterocycles. The van der Waals surface area contributed by atoms with Crippen LogP contribution in [0.2, 0.25) is 0 Å². The Kier molecular flexibility index (Phi) is 3.17. The Morgan fingerprint density at radius 3 is 2.19 bits per heavy atom. The summed E-state index contributed by atoms with van der Waals surface area (Å²) in [6.07, 6.45) is 0.0147. The van der Waals surface area contributed by atoms with E-state index in [2.05, 4.69) is 45.1 Å². The van der Waals surface area contributed by atoms with Gasteiger partial charge in [-0.1, -0.05) is 58.0 Å². The highest BCUT2D eigenvalue weighted by atomic mass is 16.2. The van der Waals surface area contributed by atoms with Crippen LogP contribution in [-0.2, 0) is 4.79 Å². The van der Waals surface area contributed by atoms with E-state index in [1.54, 1.807) is 0 Å². The first-order valence-electron chi connectivity index (χ1n) is 7.88. The molecule has 1 amide bonds. The number of nitrogens with zero attached hydrogens (tertiary/aromatic N) is 1. The third-order valence-electron chi connectivity index (χ3n) is 6.19. The summed E-state index contributed by atoms with van der Waals surface area (Å²) in [7, 11) is 0. The molecule has 2 unspecified atom stereocenters. The molecular formula is C18H26N2O. The van der Waals surface area contributed by atoms with Crippen LogP contribution in [0.1, 0.15) is 46.3 Å². The highest BCUT2D eigenvalue weighted by Gasteiger charge is 2.65. The van der Waals surface area contributed by atoms with Gasteiger partial charge in [0.1, 0.15) is 6.17 Å². The lowest BCUT2D eigenvalue weighted by Crippen LogP contribution is -2.33. The highest BCUT2D eigenvalue weighted by molar-refractivity contribution is 5.84. The molecule has 1 heterocycles. The molecule has 3 heteroatoms. The fourth-order valence-electron chi connectivity index (χ4n) is 3.87. The van der Waals surface area contributed by atoms with Crippen molar-refractivity contribution in [2.45, 2.75) is 46.8 Å². The average Bonchev–Trinajstić information content (AvgIpc) is 2.68. The smallest absolute Gasteiger partial charge is 0.241 e. The van der Waals surface area contributed by atoms with Gasteiger partial charge in [-0.25, -0.2) is 0 Å². The molecule has 1 aliphatic heterocycles. The Labute approximate surface area is 127 Å². The molecule has 0 bridgehead atoms. The molecule has 1 aliphatic carbocycles. The number of carbonyl (C=O) groups is 1. The first-order valence-corrected chi connectivity index (χ1v) is 7.88.